The number of para-hydroxylation sites is 1. The van der Waals surface area contributed by atoms with Crippen LogP contribution in [0.4, 0.5) is 0 Å². The topological polar surface area (TPSA) is 87.7 Å². The Morgan fingerprint density at radius 1 is 1.24 bits per heavy atom. The third-order valence-electron chi connectivity index (χ3n) is 2.87. The average Bonchev–Trinajstić information content (AvgIpc) is 2.36. The fourth-order valence-electron chi connectivity index (χ4n) is 1.86. The maximum atomic E-state index is 10.8. The summed E-state index contributed by atoms with van der Waals surface area (Å²) in [4.78, 5) is 0. The van der Waals surface area contributed by atoms with Crippen molar-refractivity contribution in [1.82, 2.24) is 10.0 Å². The molecule has 1 rings (SSSR count). The molecular formula is C14H24N2O4S. The van der Waals surface area contributed by atoms with Crippen molar-refractivity contribution in [2.45, 2.75) is 20.0 Å². The summed E-state index contributed by atoms with van der Waals surface area (Å²) in [5, 5.41) is 12.8. The first-order chi connectivity index (χ1) is 9.79. The largest absolute Gasteiger partial charge is 0.490 e. The number of aliphatic hydroxyl groups is 1. The summed E-state index contributed by atoms with van der Waals surface area (Å²) in [6, 6.07) is 5.89. The van der Waals surface area contributed by atoms with Gasteiger partial charge in [-0.05, 0) is 25.0 Å². The second-order valence-electron chi connectivity index (χ2n) is 5.06. The molecule has 0 aliphatic rings. The number of ether oxygens (including phenoxy) is 1. The minimum Gasteiger partial charge on any atom is -0.490 e. The fourth-order valence-corrected chi connectivity index (χ4v) is 2.33. The Labute approximate surface area is 126 Å². The van der Waals surface area contributed by atoms with Crippen LogP contribution in [0, 0.1) is 13.8 Å². The first-order valence-corrected chi connectivity index (χ1v) is 8.71. The summed E-state index contributed by atoms with van der Waals surface area (Å²) in [7, 11) is -3.16. The van der Waals surface area contributed by atoms with E-state index in [-0.39, 0.29) is 6.61 Å². The van der Waals surface area contributed by atoms with Gasteiger partial charge in [0.1, 0.15) is 18.5 Å². The molecule has 0 aromatic heterocycles. The van der Waals surface area contributed by atoms with Crippen molar-refractivity contribution in [3.63, 3.8) is 0 Å². The van der Waals surface area contributed by atoms with E-state index < -0.39 is 16.1 Å². The van der Waals surface area contributed by atoms with Crippen molar-refractivity contribution in [2.24, 2.45) is 0 Å². The lowest BCUT2D eigenvalue weighted by atomic mass is 10.1. The highest BCUT2D eigenvalue weighted by Crippen LogP contribution is 2.22. The zero-order valence-corrected chi connectivity index (χ0v) is 13.5. The molecule has 120 valence electrons. The molecule has 0 heterocycles. The second-order valence-corrected chi connectivity index (χ2v) is 6.89. The number of hydrogen-bond donors (Lipinski definition) is 3. The van der Waals surface area contributed by atoms with Crippen LogP contribution in [-0.4, -0.2) is 52.1 Å². The first-order valence-electron chi connectivity index (χ1n) is 6.82. The van der Waals surface area contributed by atoms with Gasteiger partial charge in [0.2, 0.25) is 10.0 Å². The van der Waals surface area contributed by atoms with E-state index in [1.54, 1.807) is 0 Å². The molecule has 7 heteroatoms. The van der Waals surface area contributed by atoms with Crippen LogP contribution in [-0.2, 0) is 10.0 Å². The molecule has 0 saturated carbocycles. The number of aliphatic hydroxyl groups excluding tert-OH is 1. The van der Waals surface area contributed by atoms with Gasteiger partial charge in [0.25, 0.3) is 0 Å². The molecule has 0 spiro atoms. The fraction of sp³-hybridized carbons (Fsp3) is 0.571. The number of aryl methyl sites for hydroxylation is 2. The van der Waals surface area contributed by atoms with E-state index in [1.807, 2.05) is 32.0 Å². The maximum Gasteiger partial charge on any atom is 0.208 e. The highest BCUT2D eigenvalue weighted by Gasteiger charge is 2.08. The van der Waals surface area contributed by atoms with E-state index in [9.17, 15) is 13.5 Å². The quantitative estimate of drug-likeness (QED) is 0.566. The Hall–Kier alpha value is -1.15. The molecular weight excluding hydrogens is 292 g/mol. The van der Waals surface area contributed by atoms with Crippen molar-refractivity contribution in [1.29, 1.82) is 0 Å². The molecule has 3 N–H and O–H groups in total. The minimum atomic E-state index is -3.16. The van der Waals surface area contributed by atoms with E-state index in [2.05, 4.69) is 10.0 Å². The second kappa shape index (κ2) is 8.33. The summed E-state index contributed by atoms with van der Waals surface area (Å²) >= 11 is 0. The average molecular weight is 316 g/mol. The minimum absolute atomic E-state index is 0.193. The number of hydrogen-bond acceptors (Lipinski definition) is 5. The predicted molar refractivity (Wildman–Crippen MR) is 83.1 cm³/mol. The van der Waals surface area contributed by atoms with Crippen LogP contribution >= 0.6 is 0 Å². The first kappa shape index (κ1) is 17.9. The van der Waals surface area contributed by atoms with Crippen molar-refractivity contribution >= 4 is 10.0 Å². The third-order valence-corrected chi connectivity index (χ3v) is 3.60. The van der Waals surface area contributed by atoms with Gasteiger partial charge in [-0.2, -0.15) is 0 Å². The van der Waals surface area contributed by atoms with Gasteiger partial charge in [-0.15, -0.1) is 0 Å². The molecule has 21 heavy (non-hydrogen) atoms. The van der Waals surface area contributed by atoms with Crippen LogP contribution < -0.4 is 14.8 Å². The maximum absolute atomic E-state index is 10.8. The molecule has 0 amide bonds. The van der Waals surface area contributed by atoms with Gasteiger partial charge in [0.05, 0.1) is 6.26 Å². The Balaban J connectivity index is 2.24. The molecule has 1 aromatic rings. The summed E-state index contributed by atoms with van der Waals surface area (Å²) in [5.41, 5.74) is 2.07. The standard InChI is InChI=1S/C14H24N2O4S/c1-11-5-4-6-12(2)14(11)20-10-13(17)9-15-7-8-16-21(3,18)19/h4-6,13,15-17H,7-10H2,1-3H3. The van der Waals surface area contributed by atoms with Crippen molar-refractivity contribution in [3.8, 4) is 5.75 Å². The molecule has 0 aliphatic heterocycles. The molecule has 0 fully saturated rings. The van der Waals surface area contributed by atoms with Gasteiger partial charge in [-0.1, -0.05) is 18.2 Å². The normalized spacial score (nSPS) is 13.1. The van der Waals surface area contributed by atoms with Crippen LogP contribution in [0.3, 0.4) is 0 Å². The number of sulfonamides is 1. The van der Waals surface area contributed by atoms with Crippen molar-refractivity contribution in [3.05, 3.63) is 29.3 Å². The lowest BCUT2D eigenvalue weighted by Gasteiger charge is -2.16. The number of benzene rings is 1. The molecule has 1 aromatic carbocycles. The molecule has 1 unspecified atom stereocenters. The lowest BCUT2D eigenvalue weighted by Crippen LogP contribution is -2.36. The molecule has 0 aliphatic carbocycles. The molecule has 1 atom stereocenters. The lowest BCUT2D eigenvalue weighted by molar-refractivity contribution is 0.106. The summed E-state index contributed by atoms with van der Waals surface area (Å²) < 4.78 is 29.7. The zero-order valence-electron chi connectivity index (χ0n) is 12.7. The number of nitrogens with one attached hydrogen (secondary N) is 2. The van der Waals surface area contributed by atoms with Crippen LogP contribution in [0.25, 0.3) is 0 Å². The molecule has 0 bridgehead atoms. The van der Waals surface area contributed by atoms with Crippen molar-refractivity contribution < 1.29 is 18.3 Å². The van der Waals surface area contributed by atoms with E-state index in [1.165, 1.54) is 0 Å². The SMILES string of the molecule is Cc1cccc(C)c1OCC(O)CNCCNS(C)(=O)=O. The monoisotopic (exact) mass is 316 g/mol. The molecule has 6 nitrogen and oxygen atoms in total. The van der Waals surface area contributed by atoms with Gasteiger partial charge in [0, 0.05) is 19.6 Å². The van der Waals surface area contributed by atoms with E-state index in [0.29, 0.717) is 19.6 Å². The summed E-state index contributed by atoms with van der Waals surface area (Å²) in [6.45, 7) is 5.21. The molecule has 0 radical (unpaired) electrons. The number of rotatable bonds is 9. The van der Waals surface area contributed by atoms with Gasteiger partial charge in [-0.3, -0.25) is 0 Å². The van der Waals surface area contributed by atoms with Crippen LogP contribution in [0.15, 0.2) is 18.2 Å². The predicted octanol–water partition coefficient (Wildman–Crippen LogP) is 0.182. The Kier molecular flexibility index (Phi) is 7.10. The third kappa shape index (κ3) is 7.42. The van der Waals surface area contributed by atoms with Gasteiger partial charge in [0.15, 0.2) is 0 Å². The molecule has 0 saturated heterocycles. The van der Waals surface area contributed by atoms with Crippen LogP contribution in [0.1, 0.15) is 11.1 Å². The highest BCUT2D eigenvalue weighted by atomic mass is 32.2. The van der Waals surface area contributed by atoms with E-state index in [0.717, 1.165) is 23.1 Å². The van der Waals surface area contributed by atoms with Gasteiger partial charge >= 0.3 is 0 Å². The Bertz CT molecular complexity index is 526. The van der Waals surface area contributed by atoms with Gasteiger partial charge in [-0.25, -0.2) is 13.1 Å². The summed E-state index contributed by atoms with van der Waals surface area (Å²) in [5.74, 6) is 0.801. The van der Waals surface area contributed by atoms with Crippen molar-refractivity contribution in [2.75, 3.05) is 32.5 Å². The Morgan fingerprint density at radius 2 is 1.86 bits per heavy atom. The highest BCUT2D eigenvalue weighted by molar-refractivity contribution is 7.88. The van der Waals surface area contributed by atoms with Crippen LogP contribution in [0.5, 0.6) is 5.75 Å². The van der Waals surface area contributed by atoms with E-state index >= 15 is 0 Å². The zero-order chi connectivity index (χ0) is 15.9. The Morgan fingerprint density at radius 3 is 2.43 bits per heavy atom. The summed E-state index contributed by atoms with van der Waals surface area (Å²) in [6.07, 6.45) is 0.461. The van der Waals surface area contributed by atoms with Crippen LogP contribution in [0.2, 0.25) is 0 Å². The van der Waals surface area contributed by atoms with Gasteiger partial charge < -0.3 is 15.2 Å². The smallest absolute Gasteiger partial charge is 0.208 e. The van der Waals surface area contributed by atoms with E-state index in [4.69, 9.17) is 4.74 Å².